The molecular weight excluding hydrogens is 276 g/mol. The minimum atomic E-state index is 0.150. The quantitative estimate of drug-likeness (QED) is 0.804. The van der Waals surface area contributed by atoms with Crippen LogP contribution in [0.15, 0.2) is 54.6 Å². The molecule has 0 saturated heterocycles. The lowest BCUT2D eigenvalue weighted by molar-refractivity contribution is 0.477. The molecule has 1 heterocycles. The van der Waals surface area contributed by atoms with Gasteiger partial charge in [0.1, 0.15) is 5.75 Å². The molecule has 1 aromatic heterocycles. The normalized spacial score (nSPS) is 10.5. The van der Waals surface area contributed by atoms with Gasteiger partial charge in [0.2, 0.25) is 5.95 Å². The van der Waals surface area contributed by atoms with Crippen LogP contribution < -0.4 is 4.90 Å². The average molecular weight is 292 g/mol. The molecule has 1 N–H and O–H groups in total. The van der Waals surface area contributed by atoms with Crippen molar-refractivity contribution in [3.63, 3.8) is 0 Å². The van der Waals surface area contributed by atoms with Crippen LogP contribution in [0.5, 0.6) is 5.75 Å². The van der Waals surface area contributed by atoms with Crippen LogP contribution in [0.25, 0.3) is 22.8 Å². The summed E-state index contributed by atoms with van der Waals surface area (Å²) in [4.78, 5) is 15.2. The molecule has 110 valence electrons. The number of aromatic hydroxyl groups is 1. The molecule has 0 unspecified atom stereocenters. The van der Waals surface area contributed by atoms with Gasteiger partial charge in [-0.2, -0.15) is 9.97 Å². The lowest BCUT2D eigenvalue weighted by Crippen LogP contribution is -2.14. The van der Waals surface area contributed by atoms with Gasteiger partial charge in [-0.3, -0.25) is 0 Å². The van der Waals surface area contributed by atoms with Crippen molar-refractivity contribution < 1.29 is 5.11 Å². The van der Waals surface area contributed by atoms with Crippen LogP contribution >= 0.6 is 0 Å². The summed E-state index contributed by atoms with van der Waals surface area (Å²) in [6.07, 6.45) is 0. The summed E-state index contributed by atoms with van der Waals surface area (Å²) < 4.78 is 0. The van der Waals surface area contributed by atoms with Crippen LogP contribution in [0.4, 0.5) is 5.95 Å². The van der Waals surface area contributed by atoms with Gasteiger partial charge in [0.15, 0.2) is 11.6 Å². The molecule has 0 amide bonds. The number of phenols is 1. The third-order valence-corrected chi connectivity index (χ3v) is 3.20. The topological polar surface area (TPSA) is 62.1 Å². The number of hydrogen-bond donors (Lipinski definition) is 1. The summed E-state index contributed by atoms with van der Waals surface area (Å²) in [5, 5.41) is 10.0. The van der Waals surface area contributed by atoms with E-state index < -0.39 is 0 Å². The van der Waals surface area contributed by atoms with Crippen LogP contribution in [0.2, 0.25) is 0 Å². The Morgan fingerprint density at radius 3 is 2.09 bits per heavy atom. The maximum absolute atomic E-state index is 10.0. The van der Waals surface area contributed by atoms with E-state index in [4.69, 9.17) is 0 Å². The molecule has 3 aromatic rings. The number of anilines is 1. The summed E-state index contributed by atoms with van der Waals surface area (Å²) in [5.74, 6) is 1.73. The molecule has 0 aliphatic carbocycles. The van der Waals surface area contributed by atoms with Crippen LogP contribution in [0.1, 0.15) is 0 Å². The van der Waals surface area contributed by atoms with Gasteiger partial charge in [-0.1, -0.05) is 42.5 Å². The number of hydrogen-bond acceptors (Lipinski definition) is 5. The monoisotopic (exact) mass is 292 g/mol. The van der Waals surface area contributed by atoms with E-state index in [-0.39, 0.29) is 5.75 Å². The Morgan fingerprint density at radius 1 is 0.773 bits per heavy atom. The smallest absolute Gasteiger partial charge is 0.228 e. The standard InChI is InChI=1S/C17H16N4O/c1-21(2)17-19-15(12-8-4-3-5-9-12)18-16(20-17)13-10-6-7-11-14(13)22/h3-11,22H,1-2H3. The van der Waals surface area contributed by atoms with E-state index >= 15 is 0 Å². The molecule has 2 aromatic carbocycles. The third-order valence-electron chi connectivity index (χ3n) is 3.20. The molecule has 0 saturated carbocycles. The fourth-order valence-electron chi connectivity index (χ4n) is 2.06. The highest BCUT2D eigenvalue weighted by Crippen LogP contribution is 2.28. The average Bonchev–Trinajstić information content (AvgIpc) is 2.55. The van der Waals surface area contributed by atoms with Crippen molar-refractivity contribution in [2.45, 2.75) is 0 Å². The van der Waals surface area contributed by atoms with E-state index in [1.165, 1.54) is 0 Å². The second-order valence-electron chi connectivity index (χ2n) is 5.06. The predicted octanol–water partition coefficient (Wildman–Crippen LogP) is 2.98. The van der Waals surface area contributed by atoms with Gasteiger partial charge in [-0.15, -0.1) is 0 Å². The zero-order chi connectivity index (χ0) is 15.5. The van der Waals surface area contributed by atoms with Crippen LogP contribution in [0.3, 0.4) is 0 Å². The molecule has 22 heavy (non-hydrogen) atoms. The highest BCUT2D eigenvalue weighted by molar-refractivity contribution is 5.67. The molecule has 0 atom stereocenters. The SMILES string of the molecule is CN(C)c1nc(-c2ccccc2)nc(-c2ccccc2O)n1. The van der Waals surface area contributed by atoms with Crippen molar-refractivity contribution in [1.29, 1.82) is 0 Å². The first kappa shape index (κ1) is 14.0. The van der Waals surface area contributed by atoms with Crippen molar-refractivity contribution in [1.82, 2.24) is 15.0 Å². The fraction of sp³-hybridized carbons (Fsp3) is 0.118. The molecular formula is C17H16N4O. The molecule has 0 bridgehead atoms. The molecule has 0 fully saturated rings. The lowest BCUT2D eigenvalue weighted by Gasteiger charge is -2.13. The maximum Gasteiger partial charge on any atom is 0.228 e. The minimum absolute atomic E-state index is 0.150. The first-order valence-corrected chi connectivity index (χ1v) is 6.92. The fourth-order valence-corrected chi connectivity index (χ4v) is 2.06. The number of benzene rings is 2. The van der Waals surface area contributed by atoms with Crippen molar-refractivity contribution >= 4 is 5.95 Å². The lowest BCUT2D eigenvalue weighted by atomic mass is 10.1. The summed E-state index contributed by atoms with van der Waals surface area (Å²) in [5.41, 5.74) is 1.50. The van der Waals surface area contributed by atoms with Crippen LogP contribution in [-0.2, 0) is 0 Å². The molecule has 0 radical (unpaired) electrons. The highest BCUT2D eigenvalue weighted by Gasteiger charge is 2.13. The van der Waals surface area contributed by atoms with Gasteiger partial charge in [0.05, 0.1) is 5.56 Å². The first-order chi connectivity index (χ1) is 10.6. The van der Waals surface area contributed by atoms with Gasteiger partial charge in [-0.05, 0) is 12.1 Å². The largest absolute Gasteiger partial charge is 0.507 e. The Balaban J connectivity index is 2.19. The van der Waals surface area contributed by atoms with Crippen molar-refractivity contribution in [2.75, 3.05) is 19.0 Å². The number of phenolic OH excluding ortho intramolecular Hbond substituents is 1. The van der Waals surface area contributed by atoms with E-state index in [9.17, 15) is 5.11 Å². The zero-order valence-electron chi connectivity index (χ0n) is 12.4. The van der Waals surface area contributed by atoms with Gasteiger partial charge in [-0.25, -0.2) is 4.98 Å². The van der Waals surface area contributed by atoms with Crippen molar-refractivity contribution in [2.24, 2.45) is 0 Å². The summed E-state index contributed by atoms with van der Waals surface area (Å²) in [6.45, 7) is 0. The van der Waals surface area contributed by atoms with Crippen molar-refractivity contribution in [3.05, 3.63) is 54.6 Å². The number of rotatable bonds is 3. The van der Waals surface area contributed by atoms with Crippen LogP contribution in [-0.4, -0.2) is 34.2 Å². The van der Waals surface area contributed by atoms with Crippen molar-refractivity contribution in [3.8, 4) is 28.5 Å². The van der Waals surface area contributed by atoms with Gasteiger partial charge < -0.3 is 10.0 Å². The molecule has 0 aliphatic rings. The molecule has 5 heteroatoms. The van der Waals surface area contributed by atoms with Gasteiger partial charge in [0, 0.05) is 19.7 Å². The predicted molar refractivity (Wildman–Crippen MR) is 86.7 cm³/mol. The number of para-hydroxylation sites is 1. The van der Waals surface area contributed by atoms with Gasteiger partial charge >= 0.3 is 0 Å². The summed E-state index contributed by atoms with van der Waals surface area (Å²) >= 11 is 0. The van der Waals surface area contributed by atoms with E-state index in [0.29, 0.717) is 23.2 Å². The van der Waals surface area contributed by atoms with E-state index in [0.717, 1.165) is 5.56 Å². The van der Waals surface area contributed by atoms with E-state index in [2.05, 4.69) is 15.0 Å². The molecule has 3 rings (SSSR count). The maximum atomic E-state index is 10.0. The summed E-state index contributed by atoms with van der Waals surface area (Å²) in [6, 6.07) is 16.7. The second kappa shape index (κ2) is 5.81. The summed E-state index contributed by atoms with van der Waals surface area (Å²) in [7, 11) is 3.75. The minimum Gasteiger partial charge on any atom is -0.507 e. The Labute approximate surface area is 128 Å². The Kier molecular flexibility index (Phi) is 3.70. The second-order valence-corrected chi connectivity index (χ2v) is 5.06. The van der Waals surface area contributed by atoms with Gasteiger partial charge in [0.25, 0.3) is 0 Å². The zero-order valence-corrected chi connectivity index (χ0v) is 12.4. The van der Waals surface area contributed by atoms with E-state index in [1.54, 1.807) is 18.2 Å². The number of nitrogens with zero attached hydrogens (tertiary/aromatic N) is 4. The highest BCUT2D eigenvalue weighted by atomic mass is 16.3. The number of aromatic nitrogens is 3. The molecule has 0 spiro atoms. The van der Waals surface area contributed by atoms with E-state index in [1.807, 2.05) is 55.4 Å². The van der Waals surface area contributed by atoms with Crippen LogP contribution in [0, 0.1) is 0 Å². The Hall–Kier alpha value is -2.95. The first-order valence-electron chi connectivity index (χ1n) is 6.92. The molecule has 5 nitrogen and oxygen atoms in total. The third kappa shape index (κ3) is 2.74. The molecule has 0 aliphatic heterocycles. The Bertz CT molecular complexity index is 788. The Morgan fingerprint density at radius 2 is 1.41 bits per heavy atom.